The molecule has 2 aromatic carbocycles. The molecule has 0 heterocycles. The molecular weight excluding hydrogens is 395 g/mol. The van der Waals surface area contributed by atoms with Crippen molar-refractivity contribution in [1.82, 2.24) is 4.90 Å². The summed E-state index contributed by atoms with van der Waals surface area (Å²) in [6, 6.07) is 13.9. The SMILES string of the molecule is CCCN(CCC)CCCOc1cc(NC(=O)C(F)=Cc2ccccc2)ccc1OC. The molecule has 0 saturated carbocycles. The standard InChI is InChI=1S/C25H33FN2O3/c1-4-14-28(15-5-2)16-9-17-31-24-19-21(12-13-23(24)30-3)27-25(29)22(26)18-20-10-7-6-8-11-20/h6-8,10-13,18-19H,4-5,9,14-17H2,1-3H3,(H,27,29). The van der Waals surface area contributed by atoms with E-state index in [0.29, 0.717) is 29.4 Å². The maximum Gasteiger partial charge on any atom is 0.284 e. The van der Waals surface area contributed by atoms with E-state index in [9.17, 15) is 9.18 Å². The molecule has 0 bridgehead atoms. The van der Waals surface area contributed by atoms with Crippen molar-refractivity contribution in [2.24, 2.45) is 0 Å². The Bertz CT molecular complexity index is 834. The minimum Gasteiger partial charge on any atom is -0.493 e. The second-order valence-electron chi connectivity index (χ2n) is 7.27. The molecule has 0 unspecified atom stereocenters. The lowest BCUT2D eigenvalue weighted by molar-refractivity contribution is -0.114. The number of nitrogens with one attached hydrogen (secondary N) is 1. The third-order valence-electron chi connectivity index (χ3n) is 4.69. The Morgan fingerprint density at radius 1 is 1.03 bits per heavy atom. The number of benzene rings is 2. The molecule has 0 aliphatic heterocycles. The van der Waals surface area contributed by atoms with Crippen LogP contribution >= 0.6 is 0 Å². The fraction of sp³-hybridized carbons (Fsp3) is 0.400. The number of methoxy groups -OCH3 is 1. The molecule has 0 atom stereocenters. The zero-order valence-electron chi connectivity index (χ0n) is 18.7. The maximum atomic E-state index is 14.3. The van der Waals surface area contributed by atoms with E-state index < -0.39 is 11.7 Å². The van der Waals surface area contributed by atoms with Gasteiger partial charge in [0.05, 0.1) is 13.7 Å². The first-order valence-electron chi connectivity index (χ1n) is 10.8. The van der Waals surface area contributed by atoms with Gasteiger partial charge in [0.15, 0.2) is 17.3 Å². The molecule has 31 heavy (non-hydrogen) atoms. The van der Waals surface area contributed by atoms with E-state index in [4.69, 9.17) is 9.47 Å². The van der Waals surface area contributed by atoms with Gasteiger partial charge in [-0.2, -0.15) is 0 Å². The second kappa shape index (κ2) is 13.4. The van der Waals surface area contributed by atoms with E-state index in [1.165, 1.54) is 6.08 Å². The summed E-state index contributed by atoms with van der Waals surface area (Å²) in [5, 5.41) is 2.57. The molecule has 5 nitrogen and oxygen atoms in total. The van der Waals surface area contributed by atoms with Crippen molar-refractivity contribution in [1.29, 1.82) is 0 Å². The number of nitrogens with zero attached hydrogens (tertiary/aromatic N) is 1. The first kappa shape index (κ1) is 24.4. The van der Waals surface area contributed by atoms with E-state index >= 15 is 0 Å². The number of rotatable bonds is 13. The van der Waals surface area contributed by atoms with Crippen LogP contribution in [0.5, 0.6) is 11.5 Å². The molecule has 1 amide bonds. The van der Waals surface area contributed by atoms with Crippen LogP contribution in [0.2, 0.25) is 0 Å². The van der Waals surface area contributed by atoms with Crippen molar-refractivity contribution in [2.45, 2.75) is 33.1 Å². The quantitative estimate of drug-likeness (QED) is 0.336. The normalized spacial score (nSPS) is 11.5. The number of amides is 1. The molecule has 6 heteroatoms. The zero-order chi connectivity index (χ0) is 22.5. The van der Waals surface area contributed by atoms with Gasteiger partial charge in [-0.15, -0.1) is 0 Å². The van der Waals surface area contributed by atoms with Crippen LogP contribution in [-0.2, 0) is 4.79 Å². The minimum atomic E-state index is -0.864. The predicted octanol–water partition coefficient (Wildman–Crippen LogP) is 5.54. The molecule has 0 fully saturated rings. The summed E-state index contributed by atoms with van der Waals surface area (Å²) < 4.78 is 25.5. The molecule has 0 aromatic heterocycles. The van der Waals surface area contributed by atoms with Crippen LogP contribution in [0.4, 0.5) is 10.1 Å². The summed E-state index contributed by atoms with van der Waals surface area (Å²) in [6.45, 7) is 8.03. The van der Waals surface area contributed by atoms with Gasteiger partial charge in [0, 0.05) is 18.3 Å². The van der Waals surface area contributed by atoms with E-state index in [1.807, 2.05) is 6.07 Å². The lowest BCUT2D eigenvalue weighted by Gasteiger charge is -2.21. The van der Waals surface area contributed by atoms with Crippen LogP contribution in [0.15, 0.2) is 54.4 Å². The molecule has 0 radical (unpaired) electrons. The van der Waals surface area contributed by atoms with Gasteiger partial charge in [-0.05, 0) is 56.1 Å². The minimum absolute atomic E-state index is 0.441. The van der Waals surface area contributed by atoms with Crippen LogP contribution in [0, 0.1) is 0 Å². The molecule has 168 valence electrons. The van der Waals surface area contributed by atoms with Gasteiger partial charge >= 0.3 is 0 Å². The Morgan fingerprint density at radius 2 is 1.74 bits per heavy atom. The van der Waals surface area contributed by atoms with Gasteiger partial charge in [0.25, 0.3) is 5.91 Å². The Morgan fingerprint density at radius 3 is 2.39 bits per heavy atom. The highest BCUT2D eigenvalue weighted by atomic mass is 19.1. The van der Waals surface area contributed by atoms with Crippen LogP contribution in [0.1, 0.15) is 38.7 Å². The number of carbonyl (C=O) groups excluding carboxylic acids is 1. The first-order chi connectivity index (χ1) is 15.1. The highest BCUT2D eigenvalue weighted by Crippen LogP contribution is 2.30. The number of ether oxygens (including phenoxy) is 2. The largest absolute Gasteiger partial charge is 0.493 e. The third-order valence-corrected chi connectivity index (χ3v) is 4.69. The van der Waals surface area contributed by atoms with Crippen molar-refractivity contribution >= 4 is 17.7 Å². The molecule has 0 aliphatic rings. The number of hydrogen-bond acceptors (Lipinski definition) is 4. The van der Waals surface area contributed by atoms with Crippen molar-refractivity contribution in [3.05, 3.63) is 59.9 Å². The molecule has 0 aliphatic carbocycles. The average molecular weight is 429 g/mol. The summed E-state index contributed by atoms with van der Waals surface area (Å²) in [6.07, 6.45) is 4.35. The fourth-order valence-corrected chi connectivity index (χ4v) is 3.26. The van der Waals surface area contributed by atoms with Crippen molar-refractivity contribution in [3.63, 3.8) is 0 Å². The molecule has 0 saturated heterocycles. The van der Waals surface area contributed by atoms with Crippen LogP contribution in [0.25, 0.3) is 6.08 Å². The number of anilines is 1. The summed E-state index contributed by atoms with van der Waals surface area (Å²) in [4.78, 5) is 14.6. The summed E-state index contributed by atoms with van der Waals surface area (Å²) in [7, 11) is 1.56. The maximum absolute atomic E-state index is 14.3. The van der Waals surface area contributed by atoms with Crippen LogP contribution < -0.4 is 14.8 Å². The Kier molecular flexibility index (Phi) is 10.6. The van der Waals surface area contributed by atoms with E-state index in [2.05, 4.69) is 24.1 Å². The highest BCUT2D eigenvalue weighted by Gasteiger charge is 2.12. The van der Waals surface area contributed by atoms with Gasteiger partial charge < -0.3 is 19.7 Å². The third kappa shape index (κ3) is 8.42. The lowest BCUT2D eigenvalue weighted by Crippen LogP contribution is -2.27. The Balaban J connectivity index is 1.96. The number of hydrogen-bond donors (Lipinski definition) is 1. The summed E-state index contributed by atoms with van der Waals surface area (Å²) in [5.74, 6) is -0.589. The van der Waals surface area contributed by atoms with E-state index in [0.717, 1.165) is 38.9 Å². The van der Waals surface area contributed by atoms with E-state index in [1.54, 1.807) is 49.6 Å². The molecule has 0 spiro atoms. The highest BCUT2D eigenvalue weighted by molar-refractivity contribution is 6.05. The van der Waals surface area contributed by atoms with Crippen LogP contribution in [-0.4, -0.2) is 44.2 Å². The van der Waals surface area contributed by atoms with Gasteiger partial charge in [0.2, 0.25) is 0 Å². The molecule has 2 rings (SSSR count). The Labute approximate surface area is 184 Å². The van der Waals surface area contributed by atoms with Gasteiger partial charge in [0.1, 0.15) is 0 Å². The fourth-order valence-electron chi connectivity index (χ4n) is 3.26. The lowest BCUT2D eigenvalue weighted by atomic mass is 10.2. The van der Waals surface area contributed by atoms with Gasteiger partial charge in [-0.3, -0.25) is 4.79 Å². The number of halogens is 1. The Hall–Kier alpha value is -2.86. The van der Waals surface area contributed by atoms with Gasteiger partial charge in [-0.25, -0.2) is 4.39 Å². The number of carbonyl (C=O) groups is 1. The van der Waals surface area contributed by atoms with Crippen molar-refractivity contribution in [2.75, 3.05) is 38.7 Å². The first-order valence-corrected chi connectivity index (χ1v) is 10.8. The van der Waals surface area contributed by atoms with Gasteiger partial charge in [-0.1, -0.05) is 44.2 Å². The summed E-state index contributed by atoms with van der Waals surface area (Å²) in [5.41, 5.74) is 1.06. The van der Waals surface area contributed by atoms with Crippen LogP contribution in [0.3, 0.4) is 0 Å². The second-order valence-corrected chi connectivity index (χ2v) is 7.27. The molecule has 1 N–H and O–H groups in total. The molecule has 2 aromatic rings. The topological polar surface area (TPSA) is 50.8 Å². The predicted molar refractivity (Wildman–Crippen MR) is 124 cm³/mol. The average Bonchev–Trinajstić information content (AvgIpc) is 2.77. The van der Waals surface area contributed by atoms with E-state index in [-0.39, 0.29) is 0 Å². The van der Waals surface area contributed by atoms with Crippen molar-refractivity contribution in [3.8, 4) is 11.5 Å². The summed E-state index contributed by atoms with van der Waals surface area (Å²) >= 11 is 0. The smallest absolute Gasteiger partial charge is 0.284 e. The monoisotopic (exact) mass is 428 g/mol. The van der Waals surface area contributed by atoms with Crippen molar-refractivity contribution < 1.29 is 18.7 Å². The molecular formula is C25H33FN2O3. The zero-order valence-corrected chi connectivity index (χ0v) is 18.7.